The number of nitrogens with zero attached hydrogens (tertiary/aromatic N) is 1. The second-order valence-electron chi connectivity index (χ2n) is 5.00. The molecule has 23 heavy (non-hydrogen) atoms. The third-order valence-corrected chi connectivity index (χ3v) is 5.03. The van der Waals surface area contributed by atoms with Crippen LogP contribution in [0.3, 0.4) is 0 Å². The van der Waals surface area contributed by atoms with E-state index in [4.69, 9.17) is 11.6 Å². The summed E-state index contributed by atoms with van der Waals surface area (Å²) in [4.78, 5) is 14.0. The minimum absolute atomic E-state index is 0.0655. The van der Waals surface area contributed by atoms with Gasteiger partial charge in [-0.05, 0) is 24.3 Å². The van der Waals surface area contributed by atoms with Crippen LogP contribution in [0.1, 0.15) is 10.9 Å². The largest absolute Gasteiger partial charge is 0.323 e. The normalized spacial score (nSPS) is 17.3. The molecular weight excluding hydrogens is 342 g/mol. The lowest BCUT2D eigenvalue weighted by Crippen LogP contribution is -2.34. The standard InChI is InChI=1S/C16H13ClF2N2OS/c17-12-9-10(5-6-14(12)19)20-16(22)21-7-8-23-15(21)11-3-1-2-4-13(11)18/h1-6,9,15H,7-8H2,(H,20,22)/t15-/m0/s1. The summed E-state index contributed by atoms with van der Waals surface area (Å²) in [6.45, 7) is 0.504. The Morgan fingerprint density at radius 2 is 2.00 bits per heavy atom. The Bertz CT molecular complexity index is 744. The van der Waals surface area contributed by atoms with Crippen LogP contribution in [0.25, 0.3) is 0 Å². The van der Waals surface area contributed by atoms with E-state index in [0.29, 0.717) is 17.8 Å². The maximum atomic E-state index is 14.0. The van der Waals surface area contributed by atoms with Crippen LogP contribution in [0.15, 0.2) is 42.5 Å². The molecule has 2 aromatic rings. The first-order chi connectivity index (χ1) is 11.1. The molecule has 3 rings (SSSR count). The lowest BCUT2D eigenvalue weighted by Gasteiger charge is -2.24. The number of halogens is 3. The van der Waals surface area contributed by atoms with Crippen molar-refractivity contribution in [1.82, 2.24) is 4.90 Å². The number of urea groups is 1. The van der Waals surface area contributed by atoms with Gasteiger partial charge in [0.25, 0.3) is 0 Å². The van der Waals surface area contributed by atoms with Crippen molar-refractivity contribution >= 4 is 35.1 Å². The Hall–Kier alpha value is -1.79. The molecule has 1 saturated heterocycles. The number of hydrogen-bond acceptors (Lipinski definition) is 2. The molecule has 2 aromatic carbocycles. The molecule has 1 N–H and O–H groups in total. The summed E-state index contributed by atoms with van der Waals surface area (Å²) in [6.07, 6.45) is 0. The summed E-state index contributed by atoms with van der Waals surface area (Å²) in [5.74, 6) is -0.170. The first kappa shape index (κ1) is 16.1. The maximum Gasteiger partial charge on any atom is 0.323 e. The highest BCUT2D eigenvalue weighted by molar-refractivity contribution is 7.99. The fourth-order valence-electron chi connectivity index (χ4n) is 2.38. The fourth-order valence-corrected chi connectivity index (χ4v) is 3.84. The smallest absolute Gasteiger partial charge is 0.308 e. The van der Waals surface area contributed by atoms with Crippen molar-refractivity contribution in [3.8, 4) is 0 Å². The minimum Gasteiger partial charge on any atom is -0.308 e. The SMILES string of the molecule is O=C(Nc1ccc(F)c(Cl)c1)N1CCS[C@H]1c1ccccc1F. The predicted molar refractivity (Wildman–Crippen MR) is 88.7 cm³/mol. The lowest BCUT2D eigenvalue weighted by molar-refractivity contribution is 0.213. The van der Waals surface area contributed by atoms with Crippen molar-refractivity contribution in [3.63, 3.8) is 0 Å². The Balaban J connectivity index is 1.78. The van der Waals surface area contributed by atoms with E-state index in [1.54, 1.807) is 23.1 Å². The zero-order chi connectivity index (χ0) is 16.4. The van der Waals surface area contributed by atoms with Crippen LogP contribution >= 0.6 is 23.4 Å². The zero-order valence-electron chi connectivity index (χ0n) is 11.9. The molecule has 0 radical (unpaired) electrons. The highest BCUT2D eigenvalue weighted by atomic mass is 35.5. The second kappa shape index (κ2) is 6.76. The molecule has 0 bridgehead atoms. The molecule has 120 valence electrons. The Labute approximate surface area is 141 Å². The lowest BCUT2D eigenvalue weighted by atomic mass is 10.2. The van der Waals surface area contributed by atoms with Crippen molar-refractivity contribution in [2.24, 2.45) is 0 Å². The summed E-state index contributed by atoms with van der Waals surface area (Å²) in [5.41, 5.74) is 0.868. The van der Waals surface area contributed by atoms with Gasteiger partial charge in [0.15, 0.2) is 0 Å². The van der Waals surface area contributed by atoms with Gasteiger partial charge in [-0.3, -0.25) is 0 Å². The van der Waals surface area contributed by atoms with Gasteiger partial charge in [-0.25, -0.2) is 13.6 Å². The van der Waals surface area contributed by atoms with Crippen molar-refractivity contribution in [1.29, 1.82) is 0 Å². The minimum atomic E-state index is -0.550. The first-order valence-electron chi connectivity index (χ1n) is 6.95. The molecule has 1 atom stereocenters. The molecule has 0 saturated carbocycles. The Morgan fingerprint density at radius 3 is 2.74 bits per heavy atom. The number of carbonyl (C=O) groups excluding carboxylic acids is 1. The molecule has 0 aliphatic carbocycles. The van der Waals surface area contributed by atoms with Crippen LogP contribution in [0.4, 0.5) is 19.3 Å². The monoisotopic (exact) mass is 354 g/mol. The van der Waals surface area contributed by atoms with Crippen LogP contribution < -0.4 is 5.32 Å². The van der Waals surface area contributed by atoms with Gasteiger partial charge in [0.1, 0.15) is 17.0 Å². The van der Waals surface area contributed by atoms with Crippen LogP contribution in [-0.4, -0.2) is 23.2 Å². The van der Waals surface area contributed by atoms with E-state index >= 15 is 0 Å². The van der Waals surface area contributed by atoms with Gasteiger partial charge >= 0.3 is 6.03 Å². The number of hydrogen-bond donors (Lipinski definition) is 1. The quantitative estimate of drug-likeness (QED) is 0.832. The highest BCUT2D eigenvalue weighted by Gasteiger charge is 2.32. The molecule has 1 heterocycles. The number of benzene rings is 2. The number of rotatable bonds is 2. The van der Waals surface area contributed by atoms with E-state index in [1.807, 2.05) is 0 Å². The van der Waals surface area contributed by atoms with E-state index in [2.05, 4.69) is 5.32 Å². The van der Waals surface area contributed by atoms with Crippen molar-refractivity contribution in [2.45, 2.75) is 5.37 Å². The van der Waals surface area contributed by atoms with Gasteiger partial charge < -0.3 is 10.2 Å². The van der Waals surface area contributed by atoms with Crippen molar-refractivity contribution < 1.29 is 13.6 Å². The summed E-state index contributed by atoms with van der Waals surface area (Å²) >= 11 is 7.21. The van der Waals surface area contributed by atoms with Crippen molar-refractivity contribution in [3.05, 3.63) is 64.7 Å². The molecular formula is C16H13ClF2N2OS. The van der Waals surface area contributed by atoms with Crippen LogP contribution in [0.2, 0.25) is 5.02 Å². The van der Waals surface area contributed by atoms with E-state index in [0.717, 1.165) is 5.75 Å². The van der Waals surface area contributed by atoms with Gasteiger partial charge in [0.05, 0.1) is 5.02 Å². The third kappa shape index (κ3) is 3.43. The summed E-state index contributed by atoms with van der Waals surface area (Å²) in [7, 11) is 0. The topological polar surface area (TPSA) is 32.3 Å². The van der Waals surface area contributed by atoms with E-state index < -0.39 is 5.82 Å². The summed E-state index contributed by atoms with van der Waals surface area (Å²) in [5, 5.41) is 2.22. The molecule has 1 aliphatic heterocycles. The van der Waals surface area contributed by atoms with Gasteiger partial charge in [-0.15, -0.1) is 11.8 Å². The zero-order valence-corrected chi connectivity index (χ0v) is 13.5. The van der Waals surface area contributed by atoms with Gasteiger partial charge in [-0.2, -0.15) is 0 Å². The maximum absolute atomic E-state index is 14.0. The third-order valence-electron chi connectivity index (χ3n) is 3.49. The van der Waals surface area contributed by atoms with Crippen LogP contribution in [-0.2, 0) is 0 Å². The van der Waals surface area contributed by atoms with Gasteiger partial charge in [-0.1, -0.05) is 29.8 Å². The molecule has 1 aliphatic rings. The number of anilines is 1. The average Bonchev–Trinajstić information content (AvgIpc) is 3.01. The molecule has 0 aromatic heterocycles. The predicted octanol–water partition coefficient (Wildman–Crippen LogP) is 4.90. The molecule has 3 nitrogen and oxygen atoms in total. The molecule has 2 amide bonds. The van der Waals surface area contributed by atoms with Crippen LogP contribution in [0, 0.1) is 11.6 Å². The second-order valence-corrected chi connectivity index (χ2v) is 6.59. The van der Waals surface area contributed by atoms with Gasteiger partial charge in [0.2, 0.25) is 0 Å². The fraction of sp³-hybridized carbons (Fsp3) is 0.188. The Morgan fingerprint density at radius 1 is 1.22 bits per heavy atom. The summed E-state index contributed by atoms with van der Waals surface area (Å²) < 4.78 is 27.1. The Kier molecular flexibility index (Phi) is 4.73. The van der Waals surface area contributed by atoms with E-state index in [1.165, 1.54) is 36.0 Å². The number of thioether (sulfide) groups is 1. The number of carbonyl (C=O) groups is 1. The van der Waals surface area contributed by atoms with E-state index in [-0.39, 0.29) is 22.2 Å². The number of amides is 2. The van der Waals surface area contributed by atoms with Crippen LogP contribution in [0.5, 0.6) is 0 Å². The van der Waals surface area contributed by atoms with E-state index in [9.17, 15) is 13.6 Å². The highest BCUT2D eigenvalue weighted by Crippen LogP contribution is 2.39. The first-order valence-corrected chi connectivity index (χ1v) is 8.37. The average molecular weight is 355 g/mol. The van der Waals surface area contributed by atoms with Gasteiger partial charge in [0, 0.05) is 23.5 Å². The molecule has 7 heteroatoms. The molecule has 0 unspecified atom stereocenters. The molecule has 0 spiro atoms. The summed E-state index contributed by atoms with van der Waals surface area (Å²) in [6, 6.07) is 10.0. The number of nitrogens with one attached hydrogen (secondary N) is 1. The molecule has 1 fully saturated rings. The van der Waals surface area contributed by atoms with Crippen molar-refractivity contribution in [2.75, 3.05) is 17.6 Å².